The molecule has 14 heteroatoms. The van der Waals surface area contributed by atoms with E-state index in [2.05, 4.69) is 36.8 Å². The number of carbonyl (C=O) groups is 1. The third kappa shape index (κ3) is 8.23. The van der Waals surface area contributed by atoms with Crippen molar-refractivity contribution in [3.05, 3.63) is 72.4 Å². The van der Waals surface area contributed by atoms with Crippen LogP contribution in [-0.4, -0.2) is 61.2 Å². The Morgan fingerprint density at radius 2 is 1.80 bits per heavy atom. The van der Waals surface area contributed by atoms with E-state index in [0.29, 0.717) is 17.6 Å². The molecule has 4 aromatic rings. The Morgan fingerprint density at radius 1 is 1.10 bits per heavy atom. The van der Waals surface area contributed by atoms with Gasteiger partial charge in [0, 0.05) is 42.4 Å². The maximum atomic E-state index is 10.6. The lowest BCUT2D eigenvalue weighted by Crippen LogP contribution is -2.27. The smallest absolute Gasteiger partial charge is 0.475 e. The summed E-state index contributed by atoms with van der Waals surface area (Å²) < 4.78 is 38.9. The topological polar surface area (TPSA) is 151 Å². The Hall–Kier alpha value is -5.03. The summed E-state index contributed by atoms with van der Waals surface area (Å²) in [5.74, 6) is -1.56. The van der Waals surface area contributed by atoms with Crippen LogP contribution < -0.4 is 10.6 Å². The molecular weight excluding hydrogens is 541 g/mol. The highest BCUT2D eigenvalue weighted by Crippen LogP contribution is 2.26. The Kier molecular flexibility index (Phi) is 9.10. The van der Waals surface area contributed by atoms with Gasteiger partial charge >= 0.3 is 12.1 Å². The van der Waals surface area contributed by atoms with E-state index in [1.807, 2.05) is 55.5 Å². The Bertz CT molecular complexity index is 1530. The first-order valence-corrected chi connectivity index (χ1v) is 12.4. The number of hydrogen-bond acceptors (Lipinski definition) is 9. The predicted octanol–water partition coefficient (Wildman–Crippen LogP) is 4.87. The number of halogens is 3. The van der Waals surface area contributed by atoms with Gasteiger partial charge < -0.3 is 20.5 Å². The maximum Gasteiger partial charge on any atom is 0.490 e. The van der Waals surface area contributed by atoms with Crippen LogP contribution in [0.4, 0.5) is 30.5 Å². The number of alkyl halides is 3. The van der Waals surface area contributed by atoms with E-state index in [0.717, 1.165) is 60.2 Å². The van der Waals surface area contributed by atoms with Gasteiger partial charge in [-0.3, -0.25) is 0 Å². The lowest BCUT2D eigenvalue weighted by atomic mass is 10.0. The highest BCUT2D eigenvalue weighted by atomic mass is 19.4. The molecule has 0 amide bonds. The van der Waals surface area contributed by atoms with Crippen LogP contribution in [-0.2, 0) is 9.53 Å². The molecule has 0 radical (unpaired) electrons. The summed E-state index contributed by atoms with van der Waals surface area (Å²) in [4.78, 5) is 22.1. The standard InChI is InChI=1S/C25H24N8O.C2HF3O2/c1-17-28-16-33(32-17)23-4-2-20(3-5-23)30-25-27-9-6-24(31-25)19-12-18(15-26)13-22(14-19)29-21-7-10-34-11-8-21;3-2(4,5)1(6)7/h2-6,9,12-14,16,21,29H,7-8,10-11H2,1H3,(H,27,30,31);(H,6,7). The van der Waals surface area contributed by atoms with Crippen LogP contribution in [0.5, 0.6) is 0 Å². The third-order valence-corrected chi connectivity index (χ3v) is 5.84. The van der Waals surface area contributed by atoms with E-state index in [1.54, 1.807) is 17.2 Å². The fourth-order valence-electron chi connectivity index (χ4n) is 3.88. The minimum Gasteiger partial charge on any atom is -0.475 e. The molecule has 1 aliphatic heterocycles. The van der Waals surface area contributed by atoms with Crippen molar-refractivity contribution in [1.29, 1.82) is 5.26 Å². The zero-order valence-corrected chi connectivity index (χ0v) is 21.8. The fraction of sp³-hybridized carbons (Fsp3) is 0.259. The number of aryl methyl sites for hydroxylation is 1. The van der Waals surface area contributed by atoms with Crippen molar-refractivity contribution >= 4 is 23.3 Å². The molecule has 3 heterocycles. The van der Waals surface area contributed by atoms with Gasteiger partial charge in [0.05, 0.1) is 23.0 Å². The average Bonchev–Trinajstić information content (AvgIpc) is 3.40. The zero-order valence-electron chi connectivity index (χ0n) is 21.8. The van der Waals surface area contributed by atoms with Gasteiger partial charge in [-0.1, -0.05) is 0 Å². The summed E-state index contributed by atoms with van der Waals surface area (Å²) in [5, 5.41) is 27.8. The number of nitriles is 1. The molecule has 1 saturated heterocycles. The molecule has 2 aromatic heterocycles. The first kappa shape index (κ1) is 29.0. The van der Waals surface area contributed by atoms with E-state index in [1.165, 1.54) is 0 Å². The lowest BCUT2D eigenvalue weighted by molar-refractivity contribution is -0.192. The first-order chi connectivity index (χ1) is 19.6. The average molecular weight is 567 g/mol. The van der Waals surface area contributed by atoms with E-state index in [9.17, 15) is 18.4 Å². The fourth-order valence-corrected chi connectivity index (χ4v) is 3.88. The molecule has 41 heavy (non-hydrogen) atoms. The van der Waals surface area contributed by atoms with Crippen LogP contribution in [0.25, 0.3) is 16.9 Å². The number of hydrogen-bond donors (Lipinski definition) is 3. The minimum atomic E-state index is -5.08. The number of nitrogens with zero attached hydrogens (tertiary/aromatic N) is 6. The molecule has 5 rings (SSSR count). The second-order valence-electron chi connectivity index (χ2n) is 8.92. The van der Waals surface area contributed by atoms with Crippen LogP contribution in [0.15, 0.2) is 61.1 Å². The van der Waals surface area contributed by atoms with Crippen molar-refractivity contribution < 1.29 is 27.8 Å². The molecule has 1 aliphatic rings. The Morgan fingerprint density at radius 3 is 2.41 bits per heavy atom. The quantitative estimate of drug-likeness (QED) is 0.295. The second-order valence-corrected chi connectivity index (χ2v) is 8.92. The van der Waals surface area contributed by atoms with Crippen molar-refractivity contribution in [1.82, 2.24) is 24.7 Å². The summed E-state index contributed by atoms with van der Waals surface area (Å²) in [5.41, 5.74) is 4.85. The van der Waals surface area contributed by atoms with Crippen LogP contribution in [0.1, 0.15) is 24.2 Å². The second kappa shape index (κ2) is 12.9. The minimum absolute atomic E-state index is 0.336. The van der Waals surface area contributed by atoms with Crippen molar-refractivity contribution in [3.8, 4) is 23.0 Å². The summed E-state index contributed by atoms with van der Waals surface area (Å²) >= 11 is 0. The molecule has 0 bridgehead atoms. The van der Waals surface area contributed by atoms with E-state index < -0.39 is 12.1 Å². The molecule has 1 fully saturated rings. The van der Waals surface area contributed by atoms with Gasteiger partial charge in [0.1, 0.15) is 12.2 Å². The zero-order chi connectivity index (χ0) is 29.4. The predicted molar refractivity (Wildman–Crippen MR) is 143 cm³/mol. The number of carboxylic acids is 1. The van der Waals surface area contributed by atoms with Gasteiger partial charge in [0.2, 0.25) is 5.95 Å². The van der Waals surface area contributed by atoms with E-state index in [-0.39, 0.29) is 0 Å². The summed E-state index contributed by atoms with van der Waals surface area (Å²) in [7, 11) is 0. The number of ether oxygens (including phenoxy) is 1. The summed E-state index contributed by atoms with van der Waals surface area (Å²) in [6, 6.07) is 18.0. The first-order valence-electron chi connectivity index (χ1n) is 12.4. The normalized spacial score (nSPS) is 13.4. The molecule has 0 saturated carbocycles. The molecule has 0 atom stereocenters. The lowest BCUT2D eigenvalue weighted by Gasteiger charge is -2.24. The number of aliphatic carboxylic acids is 1. The maximum absolute atomic E-state index is 10.6. The van der Waals surface area contributed by atoms with Gasteiger partial charge in [0.25, 0.3) is 0 Å². The number of nitrogens with one attached hydrogen (secondary N) is 2. The third-order valence-electron chi connectivity index (χ3n) is 5.84. The molecule has 2 aromatic carbocycles. The number of carboxylic acid groups (broad SMARTS) is 1. The Balaban J connectivity index is 0.000000493. The van der Waals surface area contributed by atoms with Crippen molar-refractivity contribution in [2.24, 2.45) is 0 Å². The molecule has 0 aliphatic carbocycles. The SMILES string of the molecule is Cc1ncn(-c2ccc(Nc3nccc(-c4cc(C#N)cc(NC5CCOCC5)c4)n3)cc2)n1.O=C(O)C(F)(F)F. The number of rotatable bonds is 6. The molecule has 0 unspecified atom stereocenters. The number of anilines is 3. The van der Waals surface area contributed by atoms with Crippen LogP contribution in [0, 0.1) is 18.3 Å². The van der Waals surface area contributed by atoms with Crippen molar-refractivity contribution in [2.75, 3.05) is 23.8 Å². The molecule has 11 nitrogen and oxygen atoms in total. The summed E-state index contributed by atoms with van der Waals surface area (Å²) in [6.45, 7) is 3.36. The van der Waals surface area contributed by atoms with Crippen LogP contribution >= 0.6 is 0 Å². The molecule has 0 spiro atoms. The van der Waals surface area contributed by atoms with Crippen molar-refractivity contribution in [2.45, 2.75) is 32.0 Å². The van der Waals surface area contributed by atoms with Gasteiger partial charge in [-0.25, -0.2) is 24.4 Å². The highest BCUT2D eigenvalue weighted by Gasteiger charge is 2.38. The largest absolute Gasteiger partial charge is 0.490 e. The Labute approximate surface area is 232 Å². The van der Waals surface area contributed by atoms with E-state index in [4.69, 9.17) is 14.6 Å². The summed E-state index contributed by atoms with van der Waals surface area (Å²) in [6.07, 6.45) is 0.207. The highest BCUT2D eigenvalue weighted by molar-refractivity contribution is 5.73. The van der Waals surface area contributed by atoms with E-state index >= 15 is 0 Å². The number of benzene rings is 2. The van der Waals surface area contributed by atoms with Crippen molar-refractivity contribution in [3.63, 3.8) is 0 Å². The number of aromatic nitrogens is 5. The monoisotopic (exact) mass is 566 g/mol. The van der Waals surface area contributed by atoms with Crippen LogP contribution in [0.2, 0.25) is 0 Å². The van der Waals surface area contributed by atoms with Gasteiger partial charge in [-0.2, -0.15) is 23.5 Å². The molecule has 212 valence electrons. The van der Waals surface area contributed by atoms with Gasteiger partial charge in [-0.15, -0.1) is 0 Å². The van der Waals surface area contributed by atoms with Gasteiger partial charge in [0.15, 0.2) is 0 Å². The molecular formula is C27H25F3N8O3. The van der Waals surface area contributed by atoms with Crippen LogP contribution in [0.3, 0.4) is 0 Å². The molecule has 3 N–H and O–H groups in total. The van der Waals surface area contributed by atoms with Gasteiger partial charge in [-0.05, 0) is 68.3 Å².